The minimum Gasteiger partial charge on any atom is -0.395 e. The van der Waals surface area contributed by atoms with Gasteiger partial charge in [-0.3, -0.25) is 9.48 Å². The smallest absolute Gasteiger partial charge is 0.274 e. The van der Waals surface area contributed by atoms with Gasteiger partial charge >= 0.3 is 0 Å². The number of aromatic nitrogens is 2. The van der Waals surface area contributed by atoms with Crippen molar-refractivity contribution in [1.82, 2.24) is 19.6 Å². The second-order valence-corrected chi connectivity index (χ2v) is 5.24. The first-order valence-electron chi connectivity index (χ1n) is 7.76. The van der Waals surface area contributed by atoms with E-state index in [1.54, 1.807) is 11.7 Å². The Morgan fingerprint density at radius 3 is 2.24 bits per heavy atom. The predicted molar refractivity (Wildman–Crippen MR) is 86.3 cm³/mol. The van der Waals surface area contributed by atoms with Crippen molar-refractivity contribution in [2.75, 3.05) is 38.5 Å². The summed E-state index contributed by atoms with van der Waals surface area (Å²) < 4.78 is 1.58. The zero-order chi connectivity index (χ0) is 16.0. The van der Waals surface area contributed by atoms with Crippen LogP contribution in [0, 0.1) is 6.92 Å². The van der Waals surface area contributed by atoms with E-state index in [2.05, 4.69) is 23.8 Å². The monoisotopic (exact) mass is 295 g/mol. The Hall–Kier alpha value is -1.56. The van der Waals surface area contributed by atoms with Crippen LogP contribution in [0.5, 0.6) is 0 Å². The van der Waals surface area contributed by atoms with E-state index in [9.17, 15) is 4.79 Å². The van der Waals surface area contributed by atoms with Crippen LogP contribution in [0.1, 0.15) is 43.4 Å². The molecule has 0 saturated carbocycles. The van der Waals surface area contributed by atoms with Crippen molar-refractivity contribution in [2.24, 2.45) is 7.05 Å². The molecule has 0 radical (unpaired) electrons. The standard InChI is InChI=1S/C15H29N5O/c1-6-19(7-2)10-9-11-20(8-3)15(21)14-13(16)12(4)17-18(14)5/h6-11,16H2,1-5H3. The number of carbonyl (C=O) groups excluding carboxylic acids is 1. The molecule has 0 saturated heterocycles. The number of rotatable bonds is 8. The third-order valence-electron chi connectivity index (χ3n) is 3.94. The molecule has 0 aliphatic heterocycles. The van der Waals surface area contributed by atoms with Gasteiger partial charge in [-0.15, -0.1) is 0 Å². The van der Waals surface area contributed by atoms with Crippen LogP contribution in [-0.2, 0) is 7.05 Å². The first-order valence-corrected chi connectivity index (χ1v) is 7.76. The van der Waals surface area contributed by atoms with Crippen molar-refractivity contribution < 1.29 is 4.79 Å². The molecule has 21 heavy (non-hydrogen) atoms. The fraction of sp³-hybridized carbons (Fsp3) is 0.733. The Balaban J connectivity index is 2.69. The quantitative estimate of drug-likeness (QED) is 0.789. The summed E-state index contributed by atoms with van der Waals surface area (Å²) in [7, 11) is 1.76. The van der Waals surface area contributed by atoms with Crippen LogP contribution in [0.2, 0.25) is 0 Å². The Labute approximate surface area is 127 Å². The molecule has 120 valence electrons. The SMILES string of the molecule is CCN(CC)CCCN(CC)C(=O)c1c(N)c(C)nn1C. The Bertz CT molecular complexity index is 465. The molecule has 1 amide bonds. The zero-order valence-electron chi connectivity index (χ0n) is 14.0. The molecular weight excluding hydrogens is 266 g/mol. The van der Waals surface area contributed by atoms with Gasteiger partial charge in [0.1, 0.15) is 5.69 Å². The number of hydrogen-bond acceptors (Lipinski definition) is 4. The van der Waals surface area contributed by atoms with Crippen LogP contribution in [0.15, 0.2) is 0 Å². The molecule has 0 atom stereocenters. The maximum Gasteiger partial charge on any atom is 0.274 e. The summed E-state index contributed by atoms with van der Waals surface area (Å²) in [5.74, 6) is -0.0300. The summed E-state index contributed by atoms with van der Waals surface area (Å²) in [6.07, 6.45) is 0.970. The molecule has 6 nitrogen and oxygen atoms in total. The minimum atomic E-state index is -0.0300. The molecule has 0 aromatic carbocycles. The lowest BCUT2D eigenvalue weighted by Gasteiger charge is -2.23. The number of hydrogen-bond donors (Lipinski definition) is 1. The highest BCUT2D eigenvalue weighted by molar-refractivity contribution is 5.97. The Morgan fingerprint density at radius 1 is 1.19 bits per heavy atom. The van der Waals surface area contributed by atoms with Crippen LogP contribution in [0.25, 0.3) is 0 Å². The van der Waals surface area contributed by atoms with Crippen molar-refractivity contribution in [2.45, 2.75) is 34.1 Å². The molecule has 1 aromatic rings. The first-order chi connectivity index (χ1) is 9.96. The molecule has 0 bridgehead atoms. The molecule has 0 fully saturated rings. The van der Waals surface area contributed by atoms with Crippen molar-refractivity contribution >= 4 is 11.6 Å². The average Bonchev–Trinajstić information content (AvgIpc) is 2.72. The summed E-state index contributed by atoms with van der Waals surface area (Å²) in [5.41, 5.74) is 7.67. The van der Waals surface area contributed by atoms with E-state index >= 15 is 0 Å². The Morgan fingerprint density at radius 2 is 1.81 bits per heavy atom. The molecule has 0 aliphatic carbocycles. The van der Waals surface area contributed by atoms with Crippen molar-refractivity contribution in [3.63, 3.8) is 0 Å². The largest absolute Gasteiger partial charge is 0.395 e. The summed E-state index contributed by atoms with van der Waals surface area (Å²) in [4.78, 5) is 16.8. The van der Waals surface area contributed by atoms with Crippen LogP contribution >= 0.6 is 0 Å². The fourth-order valence-electron chi connectivity index (χ4n) is 2.51. The number of anilines is 1. The summed E-state index contributed by atoms with van der Waals surface area (Å²) in [5, 5.41) is 4.22. The van der Waals surface area contributed by atoms with Gasteiger partial charge in [0.15, 0.2) is 0 Å². The Kier molecular flexibility index (Phi) is 6.68. The van der Waals surface area contributed by atoms with Crippen LogP contribution < -0.4 is 5.73 Å². The topological polar surface area (TPSA) is 67.4 Å². The van der Waals surface area contributed by atoms with Gasteiger partial charge in [0.25, 0.3) is 5.91 Å². The minimum absolute atomic E-state index is 0.0300. The lowest BCUT2D eigenvalue weighted by atomic mass is 10.2. The average molecular weight is 295 g/mol. The van der Waals surface area contributed by atoms with Gasteiger partial charge < -0.3 is 15.5 Å². The second kappa shape index (κ2) is 8.02. The maximum absolute atomic E-state index is 12.6. The van der Waals surface area contributed by atoms with E-state index in [-0.39, 0.29) is 5.91 Å². The van der Waals surface area contributed by atoms with E-state index in [0.717, 1.165) is 32.6 Å². The highest BCUT2D eigenvalue weighted by atomic mass is 16.2. The summed E-state index contributed by atoms with van der Waals surface area (Å²) >= 11 is 0. The summed E-state index contributed by atoms with van der Waals surface area (Å²) in [6, 6.07) is 0. The predicted octanol–water partition coefficient (Wildman–Crippen LogP) is 1.50. The number of nitrogens with two attached hydrogens (primary N) is 1. The van der Waals surface area contributed by atoms with Crippen LogP contribution in [-0.4, -0.2) is 58.2 Å². The number of nitrogens with zero attached hydrogens (tertiary/aromatic N) is 4. The lowest BCUT2D eigenvalue weighted by Crippen LogP contribution is -2.35. The van der Waals surface area contributed by atoms with Crippen LogP contribution in [0.3, 0.4) is 0 Å². The maximum atomic E-state index is 12.6. The third-order valence-corrected chi connectivity index (χ3v) is 3.94. The number of aryl methyl sites for hydroxylation is 2. The lowest BCUT2D eigenvalue weighted by molar-refractivity contribution is 0.0747. The van der Waals surface area contributed by atoms with Gasteiger partial charge in [-0.2, -0.15) is 5.10 Å². The molecule has 0 unspecified atom stereocenters. The summed E-state index contributed by atoms with van der Waals surface area (Å²) in [6.45, 7) is 12.7. The van der Waals surface area contributed by atoms with Crippen molar-refractivity contribution in [3.8, 4) is 0 Å². The van der Waals surface area contributed by atoms with E-state index in [1.807, 2.05) is 18.7 Å². The second-order valence-electron chi connectivity index (χ2n) is 5.24. The fourth-order valence-corrected chi connectivity index (χ4v) is 2.51. The molecule has 6 heteroatoms. The highest BCUT2D eigenvalue weighted by Gasteiger charge is 2.22. The zero-order valence-corrected chi connectivity index (χ0v) is 14.0. The molecule has 1 aromatic heterocycles. The van der Waals surface area contributed by atoms with Crippen molar-refractivity contribution in [1.29, 1.82) is 0 Å². The molecular formula is C15H29N5O. The van der Waals surface area contributed by atoms with Gasteiger partial charge in [0, 0.05) is 20.1 Å². The third kappa shape index (κ3) is 4.20. The van der Waals surface area contributed by atoms with Gasteiger partial charge in [-0.1, -0.05) is 13.8 Å². The number of amides is 1. The molecule has 0 spiro atoms. The van der Waals surface area contributed by atoms with Crippen LogP contribution in [0.4, 0.5) is 5.69 Å². The van der Waals surface area contributed by atoms with Gasteiger partial charge in [0.2, 0.25) is 0 Å². The van der Waals surface area contributed by atoms with Gasteiger partial charge in [-0.05, 0) is 39.9 Å². The number of carbonyl (C=O) groups is 1. The molecule has 1 heterocycles. The highest BCUT2D eigenvalue weighted by Crippen LogP contribution is 2.17. The van der Waals surface area contributed by atoms with E-state index in [0.29, 0.717) is 23.6 Å². The van der Waals surface area contributed by atoms with E-state index < -0.39 is 0 Å². The molecule has 0 aliphatic rings. The van der Waals surface area contributed by atoms with E-state index in [4.69, 9.17) is 5.73 Å². The van der Waals surface area contributed by atoms with Gasteiger partial charge in [-0.25, -0.2) is 0 Å². The number of nitrogen functional groups attached to an aromatic ring is 1. The van der Waals surface area contributed by atoms with Crippen molar-refractivity contribution in [3.05, 3.63) is 11.4 Å². The normalized spacial score (nSPS) is 11.1. The molecule has 2 N–H and O–H groups in total. The first kappa shape index (κ1) is 17.5. The van der Waals surface area contributed by atoms with Gasteiger partial charge in [0.05, 0.1) is 11.4 Å². The van der Waals surface area contributed by atoms with E-state index in [1.165, 1.54) is 0 Å². The molecule has 1 rings (SSSR count).